The van der Waals surface area contributed by atoms with Gasteiger partial charge < -0.3 is 9.47 Å². The van der Waals surface area contributed by atoms with Gasteiger partial charge in [0.1, 0.15) is 21.3 Å². The average molecular weight is 448 g/mol. The van der Waals surface area contributed by atoms with E-state index < -0.39 is 15.3 Å². The van der Waals surface area contributed by atoms with Crippen LogP contribution in [0.4, 0.5) is 10.1 Å². The molecule has 6 nitrogen and oxygen atoms in total. The minimum atomic E-state index is -3.19. The average Bonchev–Trinajstić information content (AvgIpc) is 3.36. The van der Waals surface area contributed by atoms with E-state index in [2.05, 4.69) is 4.98 Å². The van der Waals surface area contributed by atoms with Gasteiger partial charge in [-0.3, -0.25) is 4.79 Å². The molecule has 1 saturated carbocycles. The van der Waals surface area contributed by atoms with Gasteiger partial charge >= 0.3 is 0 Å². The maximum absolute atomic E-state index is 13.9. The number of aryl methyl sites for hydroxylation is 1. The van der Waals surface area contributed by atoms with Gasteiger partial charge in [-0.15, -0.1) is 0 Å². The number of hydrogen-bond donors (Lipinski definition) is 0. The molecule has 0 saturated heterocycles. The lowest BCUT2D eigenvalue weighted by molar-refractivity contribution is -0.120. The van der Waals surface area contributed by atoms with Crippen LogP contribution in [0.1, 0.15) is 24.1 Å². The van der Waals surface area contributed by atoms with Gasteiger partial charge in [0.15, 0.2) is 0 Å². The van der Waals surface area contributed by atoms with E-state index in [1.54, 1.807) is 17.0 Å². The highest BCUT2D eigenvalue weighted by molar-refractivity contribution is 7.90. The Balaban J connectivity index is 1.58. The van der Waals surface area contributed by atoms with Crippen molar-refractivity contribution in [2.75, 3.05) is 16.9 Å². The van der Waals surface area contributed by atoms with Crippen molar-refractivity contribution in [1.82, 2.24) is 9.55 Å². The number of amides is 1. The molecular weight excluding hydrogens is 429 g/mol. The Labute approximate surface area is 178 Å². The third-order valence-electron chi connectivity index (χ3n) is 5.96. The summed E-state index contributed by atoms with van der Waals surface area (Å²) >= 11 is 6.08. The molecule has 0 unspecified atom stereocenters. The zero-order valence-electron chi connectivity index (χ0n) is 16.2. The van der Waals surface area contributed by atoms with E-state index in [0.717, 1.165) is 16.6 Å². The summed E-state index contributed by atoms with van der Waals surface area (Å²) in [5, 5.41) is 1.25. The predicted molar refractivity (Wildman–Crippen MR) is 113 cm³/mol. The van der Waals surface area contributed by atoms with E-state index in [-0.39, 0.29) is 30.6 Å². The van der Waals surface area contributed by atoms with Crippen molar-refractivity contribution in [3.63, 3.8) is 0 Å². The largest absolute Gasteiger partial charge is 0.327 e. The SMILES string of the molecule is CS(=O)(=O)CCn1c(CN2C(=O)C3(CC3)c3cc(F)ccc32)cc2cc(Cl)cnc21. The Bertz CT molecular complexity index is 1310. The molecular formula is C21H19ClFN3O3S. The number of hydrogen-bond acceptors (Lipinski definition) is 4. The number of pyridine rings is 1. The molecule has 5 rings (SSSR count). The van der Waals surface area contributed by atoms with E-state index in [9.17, 15) is 17.6 Å². The summed E-state index contributed by atoms with van der Waals surface area (Å²) in [6, 6.07) is 8.11. The summed E-state index contributed by atoms with van der Waals surface area (Å²) in [4.78, 5) is 19.3. The fraction of sp³-hybridized carbons (Fsp3) is 0.333. The second kappa shape index (κ2) is 6.52. The van der Waals surface area contributed by atoms with E-state index in [0.29, 0.717) is 29.2 Å². The van der Waals surface area contributed by atoms with Crippen molar-refractivity contribution in [2.24, 2.45) is 0 Å². The van der Waals surface area contributed by atoms with Crippen LogP contribution >= 0.6 is 11.6 Å². The molecule has 1 aliphatic carbocycles. The van der Waals surface area contributed by atoms with Crippen LogP contribution in [0, 0.1) is 5.82 Å². The predicted octanol–water partition coefficient (Wildman–Crippen LogP) is 3.45. The molecule has 9 heteroatoms. The Morgan fingerprint density at radius 3 is 2.70 bits per heavy atom. The monoisotopic (exact) mass is 447 g/mol. The van der Waals surface area contributed by atoms with Gasteiger partial charge in [-0.25, -0.2) is 17.8 Å². The molecule has 2 aliphatic rings. The molecule has 1 fully saturated rings. The molecule has 2 aromatic heterocycles. The molecule has 0 atom stereocenters. The summed E-state index contributed by atoms with van der Waals surface area (Å²) in [5.74, 6) is -0.432. The summed E-state index contributed by atoms with van der Waals surface area (Å²) in [7, 11) is -3.19. The number of anilines is 1. The van der Waals surface area contributed by atoms with Gasteiger partial charge in [-0.1, -0.05) is 11.6 Å². The third kappa shape index (κ3) is 3.09. The van der Waals surface area contributed by atoms with Crippen LogP contribution in [0.15, 0.2) is 36.5 Å². The molecule has 1 amide bonds. The summed E-state index contributed by atoms with van der Waals surface area (Å²) in [6.07, 6.45) is 4.14. The molecule has 0 bridgehead atoms. The van der Waals surface area contributed by atoms with Crippen molar-refractivity contribution >= 4 is 44.1 Å². The van der Waals surface area contributed by atoms with Crippen LogP contribution in [0.2, 0.25) is 5.02 Å². The lowest BCUT2D eigenvalue weighted by Crippen LogP contribution is -2.32. The summed E-state index contributed by atoms with van der Waals surface area (Å²) < 4.78 is 39.2. The highest BCUT2D eigenvalue weighted by atomic mass is 35.5. The van der Waals surface area contributed by atoms with Gasteiger partial charge in [0.2, 0.25) is 5.91 Å². The number of rotatable bonds is 5. The Hall–Kier alpha value is -2.45. The van der Waals surface area contributed by atoms with E-state index in [4.69, 9.17) is 11.6 Å². The second-order valence-electron chi connectivity index (χ2n) is 8.12. The van der Waals surface area contributed by atoms with E-state index >= 15 is 0 Å². The number of nitrogens with zero attached hydrogens (tertiary/aromatic N) is 3. The molecule has 3 heterocycles. The number of carbonyl (C=O) groups is 1. The lowest BCUT2D eigenvalue weighted by atomic mass is 9.98. The van der Waals surface area contributed by atoms with Crippen molar-refractivity contribution in [3.8, 4) is 0 Å². The fourth-order valence-corrected chi connectivity index (χ4v) is 5.03. The quantitative estimate of drug-likeness (QED) is 0.600. The number of sulfone groups is 1. The van der Waals surface area contributed by atoms with Crippen LogP contribution in [-0.4, -0.2) is 35.9 Å². The van der Waals surface area contributed by atoms with Crippen LogP contribution in [0.25, 0.3) is 11.0 Å². The number of aromatic nitrogens is 2. The maximum atomic E-state index is 13.9. The smallest absolute Gasteiger partial charge is 0.238 e. The van der Waals surface area contributed by atoms with Crippen molar-refractivity contribution in [1.29, 1.82) is 0 Å². The van der Waals surface area contributed by atoms with Gasteiger partial charge in [0, 0.05) is 35.8 Å². The molecule has 0 radical (unpaired) electrons. The molecule has 156 valence electrons. The number of halogens is 2. The molecule has 1 spiro atoms. The maximum Gasteiger partial charge on any atom is 0.238 e. The van der Waals surface area contributed by atoms with Crippen LogP contribution < -0.4 is 4.90 Å². The number of fused-ring (bicyclic) bond motifs is 3. The molecule has 30 heavy (non-hydrogen) atoms. The zero-order chi connectivity index (χ0) is 21.3. The summed E-state index contributed by atoms with van der Waals surface area (Å²) in [6.45, 7) is 0.465. The van der Waals surface area contributed by atoms with Gasteiger partial charge in [-0.05, 0) is 48.7 Å². The van der Waals surface area contributed by atoms with Gasteiger partial charge in [0.05, 0.1) is 22.7 Å². The molecule has 1 aromatic carbocycles. The minimum absolute atomic E-state index is 0.0333. The first-order valence-corrected chi connectivity index (χ1v) is 12.1. The lowest BCUT2D eigenvalue weighted by Gasteiger charge is -2.19. The van der Waals surface area contributed by atoms with Gasteiger partial charge in [0.25, 0.3) is 0 Å². The minimum Gasteiger partial charge on any atom is -0.327 e. The van der Waals surface area contributed by atoms with Crippen molar-refractivity contribution in [2.45, 2.75) is 31.3 Å². The van der Waals surface area contributed by atoms with Crippen LogP contribution in [-0.2, 0) is 33.1 Å². The molecule has 3 aromatic rings. The standard InChI is InChI=1S/C21H19ClFN3O3S/c1-30(28,29)7-6-25-16(9-13-8-14(22)11-24-19(13)25)12-26-18-3-2-15(23)10-17(18)21(4-5-21)20(26)27/h2-3,8-11H,4-7,12H2,1H3. The Kier molecular flexibility index (Phi) is 4.24. The van der Waals surface area contributed by atoms with Gasteiger partial charge in [-0.2, -0.15) is 0 Å². The highest BCUT2D eigenvalue weighted by Gasteiger charge is 2.59. The van der Waals surface area contributed by atoms with Crippen molar-refractivity contribution < 1.29 is 17.6 Å². The first-order chi connectivity index (χ1) is 14.2. The first-order valence-electron chi connectivity index (χ1n) is 9.61. The van der Waals surface area contributed by atoms with Crippen molar-refractivity contribution in [3.05, 3.63) is 58.6 Å². The number of benzene rings is 1. The van der Waals surface area contributed by atoms with Crippen LogP contribution in [0.5, 0.6) is 0 Å². The zero-order valence-corrected chi connectivity index (χ0v) is 17.8. The number of carbonyl (C=O) groups excluding carboxylic acids is 1. The normalized spacial score (nSPS) is 17.2. The van der Waals surface area contributed by atoms with E-state index in [1.165, 1.54) is 24.6 Å². The fourth-order valence-electron chi connectivity index (χ4n) is 4.35. The first kappa shape index (κ1) is 19.5. The molecule has 0 N–H and O–H groups in total. The third-order valence-corrected chi connectivity index (χ3v) is 7.09. The Morgan fingerprint density at radius 1 is 1.23 bits per heavy atom. The highest BCUT2D eigenvalue weighted by Crippen LogP contribution is 2.57. The Morgan fingerprint density at radius 2 is 2.00 bits per heavy atom. The molecule has 1 aliphatic heterocycles. The summed E-state index contributed by atoms with van der Waals surface area (Å²) in [5.41, 5.74) is 2.22. The van der Waals surface area contributed by atoms with Crippen LogP contribution in [0.3, 0.4) is 0 Å². The topological polar surface area (TPSA) is 72.3 Å². The van der Waals surface area contributed by atoms with E-state index in [1.807, 2.05) is 10.6 Å². The second-order valence-corrected chi connectivity index (χ2v) is 10.8.